The minimum Gasteiger partial charge on any atom is -0.870 e. The van der Waals surface area contributed by atoms with Crippen LogP contribution in [-0.4, -0.2) is 11.9 Å². The van der Waals surface area contributed by atoms with Crippen LogP contribution in [0, 0.1) is 0 Å². The van der Waals surface area contributed by atoms with Crippen molar-refractivity contribution < 1.29 is 32.1 Å². The summed E-state index contributed by atoms with van der Waals surface area (Å²) in [4.78, 5) is 9.75. The number of ether oxygens (including phenoxy) is 1. The first-order valence-electron chi connectivity index (χ1n) is 2.59. The number of hydrogen-bond donors (Lipinski definition) is 0. The van der Waals surface area contributed by atoms with Crippen molar-refractivity contribution in [2.45, 2.75) is 0 Å². The molecule has 0 atom stereocenters. The Balaban J connectivity index is 0. The predicted octanol–water partition coefficient (Wildman–Crippen LogP) is 1.04. The third-order valence-corrected chi connectivity index (χ3v) is 0.927. The maximum atomic E-state index is 9.75. The van der Waals surface area contributed by atoms with Gasteiger partial charge in [0.2, 0.25) is 0 Å². The molecule has 0 saturated heterocycles. The Morgan fingerprint density at radius 2 is 1.73 bits per heavy atom. The van der Waals surface area contributed by atoms with E-state index in [0.717, 1.165) is 0 Å². The Morgan fingerprint density at radius 3 is 2.18 bits per heavy atom. The van der Waals surface area contributed by atoms with E-state index in [1.807, 2.05) is 6.07 Å². The van der Waals surface area contributed by atoms with Gasteiger partial charge in [-0.1, -0.05) is 18.2 Å². The maximum Gasteiger partial charge on any atom is 1.00 e. The summed E-state index contributed by atoms with van der Waals surface area (Å²) in [6, 6.07) is 8.90. The molecule has 0 bridgehead atoms. The Kier molecular flexibility index (Phi) is 8.48. The van der Waals surface area contributed by atoms with Gasteiger partial charge in [-0.05, 0) is 12.1 Å². The first-order valence-corrected chi connectivity index (χ1v) is 2.59. The average molecular weight is 203 g/mol. The minimum atomic E-state index is 0. The van der Waals surface area contributed by atoms with Crippen LogP contribution >= 0.6 is 0 Å². The fourth-order valence-electron chi connectivity index (χ4n) is 0.555. The van der Waals surface area contributed by atoms with Crippen LogP contribution in [0.25, 0.3) is 0 Å². The molecule has 0 radical (unpaired) electrons. The number of para-hydroxylation sites is 1. The summed E-state index contributed by atoms with van der Waals surface area (Å²) in [5.41, 5.74) is 0. The molecule has 0 aliphatic carbocycles. The normalized spacial score (nSPS) is 6.91. The third-order valence-electron chi connectivity index (χ3n) is 0.927. The molecule has 3 nitrogen and oxygen atoms in total. The van der Waals surface area contributed by atoms with Crippen LogP contribution in [0.5, 0.6) is 5.75 Å². The molecule has 1 rings (SSSR count). The molecule has 1 aromatic carbocycles. The number of hydrogen-bond acceptors (Lipinski definition) is 3. The summed E-state index contributed by atoms with van der Waals surface area (Å²) in [5.74, 6) is 0.576. The van der Waals surface area contributed by atoms with Crippen LogP contribution in [0.4, 0.5) is 0 Å². The fourth-order valence-corrected chi connectivity index (χ4v) is 0.555. The van der Waals surface area contributed by atoms with Crippen molar-refractivity contribution >= 4 is 6.47 Å². The van der Waals surface area contributed by atoms with E-state index in [9.17, 15) is 4.79 Å². The molecule has 4 heteroatoms. The SMILES string of the molecule is O=COc1ccccc1.[Cu+].[OH-]. The second kappa shape index (κ2) is 7.28. The van der Waals surface area contributed by atoms with Crippen LogP contribution in [0.2, 0.25) is 0 Å². The van der Waals surface area contributed by atoms with E-state index in [4.69, 9.17) is 0 Å². The molecule has 0 fully saturated rings. The number of carbonyl (C=O) groups excluding carboxylic acids is 1. The number of rotatable bonds is 2. The van der Waals surface area contributed by atoms with Crippen molar-refractivity contribution in [2.75, 3.05) is 0 Å². The van der Waals surface area contributed by atoms with Gasteiger partial charge in [-0.3, -0.25) is 4.79 Å². The molecule has 1 N–H and O–H groups in total. The van der Waals surface area contributed by atoms with Gasteiger partial charge in [-0.2, -0.15) is 0 Å². The van der Waals surface area contributed by atoms with Crippen LogP contribution < -0.4 is 4.74 Å². The van der Waals surface area contributed by atoms with Crippen molar-refractivity contribution in [3.63, 3.8) is 0 Å². The molecule has 0 aromatic heterocycles. The van der Waals surface area contributed by atoms with Crippen molar-refractivity contribution in [3.8, 4) is 5.75 Å². The Bertz CT molecular complexity index is 188. The van der Waals surface area contributed by atoms with E-state index in [1.165, 1.54) is 0 Å². The second-order valence-corrected chi connectivity index (χ2v) is 1.53. The summed E-state index contributed by atoms with van der Waals surface area (Å²) >= 11 is 0. The molecule has 0 aliphatic rings. The summed E-state index contributed by atoms with van der Waals surface area (Å²) in [6.07, 6.45) is 0. The van der Waals surface area contributed by atoms with Gasteiger partial charge < -0.3 is 10.2 Å². The molecule has 0 heterocycles. The molecule has 0 aliphatic heterocycles. The fraction of sp³-hybridized carbons (Fsp3) is 0. The van der Waals surface area contributed by atoms with Gasteiger partial charge in [-0.25, -0.2) is 0 Å². The predicted molar refractivity (Wildman–Crippen MR) is 35.1 cm³/mol. The van der Waals surface area contributed by atoms with Gasteiger partial charge >= 0.3 is 17.1 Å². The number of benzene rings is 1. The molecule has 0 spiro atoms. The molecular weight excluding hydrogens is 196 g/mol. The largest absolute Gasteiger partial charge is 1.00 e. The second-order valence-electron chi connectivity index (χ2n) is 1.53. The van der Waals surface area contributed by atoms with E-state index in [2.05, 4.69) is 4.74 Å². The van der Waals surface area contributed by atoms with E-state index in [-0.39, 0.29) is 22.5 Å². The molecule has 0 unspecified atom stereocenters. The average Bonchev–Trinajstić information content (AvgIpc) is 1.91. The van der Waals surface area contributed by atoms with E-state index >= 15 is 0 Å². The van der Waals surface area contributed by atoms with Gasteiger partial charge in [0.05, 0.1) is 0 Å². The van der Waals surface area contributed by atoms with Gasteiger partial charge in [0, 0.05) is 0 Å². The molecule has 0 amide bonds. The Hall–Kier alpha value is -0.831. The van der Waals surface area contributed by atoms with Gasteiger partial charge in [0.1, 0.15) is 5.75 Å². The maximum absolute atomic E-state index is 9.75. The van der Waals surface area contributed by atoms with Crippen molar-refractivity contribution in [3.05, 3.63) is 30.3 Å². The van der Waals surface area contributed by atoms with Crippen molar-refractivity contribution in [2.24, 2.45) is 0 Å². The van der Waals surface area contributed by atoms with Crippen LogP contribution in [0.15, 0.2) is 30.3 Å². The summed E-state index contributed by atoms with van der Waals surface area (Å²) in [6.45, 7) is 0.412. The first-order chi connectivity index (χ1) is 4.43. The van der Waals surface area contributed by atoms with E-state index < -0.39 is 0 Å². The number of carbonyl (C=O) groups is 1. The Labute approximate surface area is 75.1 Å². The quantitative estimate of drug-likeness (QED) is 0.532. The first kappa shape index (κ1) is 12.8. The topological polar surface area (TPSA) is 56.3 Å². The van der Waals surface area contributed by atoms with Gasteiger partial charge in [0.25, 0.3) is 6.47 Å². The van der Waals surface area contributed by atoms with Gasteiger partial charge in [0.15, 0.2) is 0 Å². The molecule has 0 saturated carbocycles. The monoisotopic (exact) mass is 202 g/mol. The zero-order chi connectivity index (χ0) is 6.53. The molecule has 11 heavy (non-hydrogen) atoms. The molecular formula is C7H7CuO3. The Morgan fingerprint density at radius 1 is 1.18 bits per heavy atom. The molecule has 64 valence electrons. The molecule has 1 aromatic rings. The minimum absolute atomic E-state index is 0. The zero-order valence-electron chi connectivity index (χ0n) is 5.53. The summed E-state index contributed by atoms with van der Waals surface area (Å²) in [7, 11) is 0. The van der Waals surface area contributed by atoms with Crippen molar-refractivity contribution in [1.29, 1.82) is 0 Å². The standard InChI is InChI=1S/C7H6O2.Cu.H2O/c8-6-9-7-4-2-1-3-5-7;;/h1-6H;;1H2/q;+1;/p-1. The van der Waals surface area contributed by atoms with Crippen molar-refractivity contribution in [1.82, 2.24) is 0 Å². The van der Waals surface area contributed by atoms with E-state index in [0.29, 0.717) is 12.2 Å². The van der Waals surface area contributed by atoms with E-state index in [1.54, 1.807) is 24.3 Å². The van der Waals surface area contributed by atoms with Crippen LogP contribution in [-0.2, 0) is 21.9 Å². The summed E-state index contributed by atoms with van der Waals surface area (Å²) < 4.78 is 4.53. The van der Waals surface area contributed by atoms with Crippen LogP contribution in [0.3, 0.4) is 0 Å². The van der Waals surface area contributed by atoms with Crippen LogP contribution in [0.1, 0.15) is 0 Å². The smallest absolute Gasteiger partial charge is 0.870 e. The summed E-state index contributed by atoms with van der Waals surface area (Å²) in [5, 5.41) is 0. The third kappa shape index (κ3) is 4.56. The zero-order valence-corrected chi connectivity index (χ0v) is 6.47. The van der Waals surface area contributed by atoms with Gasteiger partial charge in [-0.15, -0.1) is 0 Å².